The molecular formula is C26H31N5O3. The number of esters is 1. The van der Waals surface area contributed by atoms with E-state index in [2.05, 4.69) is 65.9 Å². The van der Waals surface area contributed by atoms with Gasteiger partial charge in [-0.1, -0.05) is 69.2 Å². The van der Waals surface area contributed by atoms with Gasteiger partial charge < -0.3 is 14.8 Å². The topological polar surface area (TPSA) is 91.2 Å². The van der Waals surface area contributed by atoms with E-state index < -0.39 is 6.04 Å². The molecule has 1 unspecified atom stereocenters. The number of anilines is 1. The molecule has 1 aliphatic rings. The number of tetrazole rings is 1. The Labute approximate surface area is 200 Å². The molecule has 0 fully saturated rings. The zero-order valence-corrected chi connectivity index (χ0v) is 20.3. The lowest BCUT2D eigenvalue weighted by atomic mass is 9.87. The number of rotatable bonds is 7. The SMILES string of the molecule is CCCOC(=O)C1=C(C)Nc2nnnn2C1c1ccc(OCc2ccc(C(C)(C)C)cc2)cc1. The van der Waals surface area contributed by atoms with Crippen LogP contribution in [0.2, 0.25) is 0 Å². The van der Waals surface area contributed by atoms with Crippen molar-refractivity contribution in [2.24, 2.45) is 0 Å². The van der Waals surface area contributed by atoms with Gasteiger partial charge in [-0.2, -0.15) is 4.68 Å². The molecule has 0 saturated heterocycles. The highest BCUT2D eigenvalue weighted by atomic mass is 16.5. The van der Waals surface area contributed by atoms with Crippen molar-refractivity contribution in [1.29, 1.82) is 0 Å². The standard InChI is InChI=1S/C26H31N5O3/c1-6-15-33-24(32)22-17(2)27-25-28-29-30-31(25)23(22)19-9-13-21(14-10-19)34-16-18-7-11-20(12-8-18)26(3,4)5/h7-14,23H,6,15-16H2,1-5H3,(H,27,28,30). The third kappa shape index (κ3) is 4.95. The normalized spacial score (nSPS) is 15.5. The van der Waals surface area contributed by atoms with E-state index in [4.69, 9.17) is 9.47 Å². The quantitative estimate of drug-likeness (QED) is 0.506. The van der Waals surface area contributed by atoms with E-state index in [1.165, 1.54) is 5.56 Å². The number of fused-ring (bicyclic) bond motifs is 1. The van der Waals surface area contributed by atoms with Crippen LogP contribution >= 0.6 is 0 Å². The van der Waals surface area contributed by atoms with Crippen molar-refractivity contribution >= 4 is 11.9 Å². The first-order valence-corrected chi connectivity index (χ1v) is 11.5. The minimum atomic E-state index is -0.491. The molecule has 1 atom stereocenters. The first kappa shape index (κ1) is 23.5. The number of nitrogens with one attached hydrogen (secondary N) is 1. The maximum absolute atomic E-state index is 12.9. The van der Waals surface area contributed by atoms with Crippen LogP contribution in [-0.2, 0) is 21.6 Å². The molecule has 0 aliphatic carbocycles. The summed E-state index contributed by atoms with van der Waals surface area (Å²) in [6.07, 6.45) is 0.747. The van der Waals surface area contributed by atoms with Crippen molar-refractivity contribution in [2.45, 2.75) is 59.1 Å². The number of carbonyl (C=O) groups is 1. The van der Waals surface area contributed by atoms with E-state index >= 15 is 0 Å². The van der Waals surface area contributed by atoms with Crippen molar-refractivity contribution < 1.29 is 14.3 Å². The summed E-state index contributed by atoms with van der Waals surface area (Å²) in [5.74, 6) is 0.843. The van der Waals surface area contributed by atoms with Gasteiger partial charge in [-0.15, -0.1) is 0 Å². The molecule has 0 radical (unpaired) electrons. The van der Waals surface area contributed by atoms with Gasteiger partial charge in [-0.05, 0) is 58.0 Å². The van der Waals surface area contributed by atoms with E-state index in [-0.39, 0.29) is 11.4 Å². The summed E-state index contributed by atoms with van der Waals surface area (Å²) in [5.41, 5.74) is 4.54. The highest BCUT2D eigenvalue weighted by Gasteiger charge is 2.34. The molecule has 1 aliphatic heterocycles. The van der Waals surface area contributed by atoms with Crippen LogP contribution in [-0.4, -0.2) is 32.8 Å². The zero-order chi connectivity index (χ0) is 24.3. The van der Waals surface area contributed by atoms with Crippen LogP contribution in [0.1, 0.15) is 63.8 Å². The van der Waals surface area contributed by atoms with Crippen LogP contribution in [0.15, 0.2) is 59.8 Å². The van der Waals surface area contributed by atoms with Gasteiger partial charge in [0.25, 0.3) is 0 Å². The summed E-state index contributed by atoms with van der Waals surface area (Å²) in [5, 5.41) is 15.0. The van der Waals surface area contributed by atoms with Crippen LogP contribution in [0.4, 0.5) is 5.95 Å². The van der Waals surface area contributed by atoms with E-state index in [0.29, 0.717) is 30.4 Å². The Hall–Kier alpha value is -3.68. The van der Waals surface area contributed by atoms with E-state index in [0.717, 1.165) is 23.3 Å². The first-order chi connectivity index (χ1) is 16.3. The lowest BCUT2D eigenvalue weighted by molar-refractivity contribution is -0.139. The average Bonchev–Trinajstić information content (AvgIpc) is 3.28. The molecule has 1 N–H and O–H groups in total. The molecule has 0 amide bonds. The molecule has 2 heterocycles. The second-order valence-electron chi connectivity index (χ2n) is 9.45. The van der Waals surface area contributed by atoms with Gasteiger partial charge in [0.15, 0.2) is 0 Å². The van der Waals surface area contributed by atoms with Crippen LogP contribution < -0.4 is 10.1 Å². The molecule has 1 aromatic heterocycles. The Balaban J connectivity index is 1.52. The summed E-state index contributed by atoms with van der Waals surface area (Å²) >= 11 is 0. The number of aromatic nitrogens is 4. The van der Waals surface area contributed by atoms with Crippen LogP contribution in [0.5, 0.6) is 5.75 Å². The average molecular weight is 462 g/mol. The molecule has 0 saturated carbocycles. The summed E-state index contributed by atoms with van der Waals surface area (Å²) in [6, 6.07) is 15.7. The number of hydrogen-bond acceptors (Lipinski definition) is 7. The lowest BCUT2D eigenvalue weighted by Crippen LogP contribution is -2.29. The fraction of sp³-hybridized carbons (Fsp3) is 0.385. The molecule has 178 valence electrons. The molecule has 4 rings (SSSR count). The fourth-order valence-electron chi connectivity index (χ4n) is 3.87. The number of allylic oxidation sites excluding steroid dienone is 1. The molecule has 2 aromatic carbocycles. The van der Waals surface area contributed by atoms with Gasteiger partial charge in [0.2, 0.25) is 5.95 Å². The molecule has 3 aromatic rings. The van der Waals surface area contributed by atoms with Gasteiger partial charge in [-0.25, -0.2) is 4.79 Å². The number of carbonyl (C=O) groups excluding carboxylic acids is 1. The Morgan fingerprint density at radius 2 is 1.79 bits per heavy atom. The van der Waals surface area contributed by atoms with Crippen molar-refractivity contribution in [3.63, 3.8) is 0 Å². The van der Waals surface area contributed by atoms with Crippen LogP contribution in [0.25, 0.3) is 0 Å². The predicted molar refractivity (Wildman–Crippen MR) is 129 cm³/mol. The third-order valence-corrected chi connectivity index (χ3v) is 5.79. The van der Waals surface area contributed by atoms with Gasteiger partial charge in [0, 0.05) is 5.70 Å². The Kier molecular flexibility index (Phi) is 6.68. The summed E-state index contributed by atoms with van der Waals surface area (Å²) in [7, 11) is 0. The summed E-state index contributed by atoms with van der Waals surface area (Å²) in [6.45, 7) is 11.2. The van der Waals surface area contributed by atoms with Gasteiger partial charge in [0.1, 0.15) is 18.4 Å². The monoisotopic (exact) mass is 461 g/mol. The highest BCUT2D eigenvalue weighted by Crippen LogP contribution is 2.35. The Morgan fingerprint density at radius 3 is 2.44 bits per heavy atom. The molecule has 34 heavy (non-hydrogen) atoms. The smallest absolute Gasteiger partial charge is 0.338 e. The predicted octanol–water partition coefficient (Wildman–Crippen LogP) is 4.79. The number of benzene rings is 2. The second-order valence-corrected chi connectivity index (χ2v) is 9.45. The molecule has 8 nitrogen and oxygen atoms in total. The molecule has 0 bridgehead atoms. The van der Waals surface area contributed by atoms with Crippen LogP contribution in [0, 0.1) is 0 Å². The molecule has 0 spiro atoms. The summed E-state index contributed by atoms with van der Waals surface area (Å²) in [4.78, 5) is 12.9. The van der Waals surface area contributed by atoms with Crippen molar-refractivity contribution in [3.8, 4) is 5.75 Å². The zero-order valence-electron chi connectivity index (χ0n) is 20.3. The Bertz CT molecular complexity index is 1170. The maximum atomic E-state index is 12.9. The van der Waals surface area contributed by atoms with Gasteiger partial charge in [0.05, 0.1) is 12.2 Å². The minimum absolute atomic E-state index is 0.123. The molecular weight excluding hydrogens is 430 g/mol. The summed E-state index contributed by atoms with van der Waals surface area (Å²) < 4.78 is 13.0. The maximum Gasteiger partial charge on any atom is 0.338 e. The second kappa shape index (κ2) is 9.67. The number of hydrogen-bond donors (Lipinski definition) is 1. The minimum Gasteiger partial charge on any atom is -0.489 e. The third-order valence-electron chi connectivity index (χ3n) is 5.79. The Morgan fingerprint density at radius 1 is 1.09 bits per heavy atom. The largest absolute Gasteiger partial charge is 0.489 e. The van der Waals surface area contributed by atoms with Crippen molar-refractivity contribution in [3.05, 3.63) is 76.5 Å². The first-order valence-electron chi connectivity index (χ1n) is 11.5. The fourth-order valence-corrected chi connectivity index (χ4v) is 3.87. The lowest BCUT2D eigenvalue weighted by Gasteiger charge is -2.27. The number of ether oxygens (including phenoxy) is 2. The van der Waals surface area contributed by atoms with E-state index in [1.54, 1.807) is 4.68 Å². The number of nitrogens with zero attached hydrogens (tertiary/aromatic N) is 4. The van der Waals surface area contributed by atoms with Crippen molar-refractivity contribution in [2.75, 3.05) is 11.9 Å². The van der Waals surface area contributed by atoms with Gasteiger partial charge >= 0.3 is 5.97 Å². The van der Waals surface area contributed by atoms with Crippen LogP contribution in [0.3, 0.4) is 0 Å². The molecule has 8 heteroatoms. The van der Waals surface area contributed by atoms with Crippen molar-refractivity contribution in [1.82, 2.24) is 20.2 Å². The van der Waals surface area contributed by atoms with E-state index in [9.17, 15) is 4.79 Å². The van der Waals surface area contributed by atoms with E-state index in [1.807, 2.05) is 38.1 Å². The highest BCUT2D eigenvalue weighted by molar-refractivity contribution is 5.92. The van der Waals surface area contributed by atoms with Gasteiger partial charge in [-0.3, -0.25) is 0 Å².